The summed E-state index contributed by atoms with van der Waals surface area (Å²) in [5, 5.41) is 3.10. The zero-order valence-electron chi connectivity index (χ0n) is 19.8. The minimum Gasteiger partial charge on any atom is -0.357 e. The number of nitrogens with zero attached hydrogens (tertiary/aromatic N) is 2. The first-order valence-corrected chi connectivity index (χ1v) is 12.8. The molecule has 1 N–H and O–H groups in total. The Morgan fingerprint density at radius 1 is 0.943 bits per heavy atom. The van der Waals surface area contributed by atoms with Crippen LogP contribution in [0.15, 0.2) is 83.8 Å². The molecule has 3 rings (SSSR count). The Morgan fingerprint density at radius 2 is 1.54 bits per heavy atom. The monoisotopic (exact) mass is 513 g/mol. The van der Waals surface area contributed by atoms with E-state index in [4.69, 9.17) is 11.6 Å². The SMILES string of the molecule is CNC(=O)[C@@H](C)N(Cc1ccc(Cl)cc1)C(=O)CN(c1ccc(C)cc1)S(=O)(=O)c1ccccc1. The highest BCUT2D eigenvalue weighted by atomic mass is 35.5. The van der Waals surface area contributed by atoms with E-state index in [0.717, 1.165) is 15.4 Å². The molecular formula is C26H28ClN3O4S. The zero-order chi connectivity index (χ0) is 25.6. The number of likely N-dealkylation sites (N-methyl/N-ethyl adjacent to an activating group) is 1. The molecule has 0 aliphatic rings. The molecule has 35 heavy (non-hydrogen) atoms. The largest absolute Gasteiger partial charge is 0.357 e. The first kappa shape index (κ1) is 26.2. The number of nitrogens with one attached hydrogen (secondary N) is 1. The lowest BCUT2D eigenvalue weighted by Crippen LogP contribution is -2.50. The Kier molecular flexibility index (Phi) is 8.53. The van der Waals surface area contributed by atoms with E-state index in [0.29, 0.717) is 10.7 Å². The van der Waals surface area contributed by atoms with Crippen LogP contribution in [0, 0.1) is 6.92 Å². The van der Waals surface area contributed by atoms with Gasteiger partial charge in [-0.2, -0.15) is 0 Å². The highest BCUT2D eigenvalue weighted by molar-refractivity contribution is 7.92. The predicted octanol–water partition coefficient (Wildman–Crippen LogP) is 4.01. The van der Waals surface area contributed by atoms with Gasteiger partial charge in [-0.05, 0) is 55.8 Å². The van der Waals surface area contributed by atoms with Crippen LogP contribution in [0.1, 0.15) is 18.1 Å². The fourth-order valence-corrected chi connectivity index (χ4v) is 5.10. The maximum absolute atomic E-state index is 13.6. The maximum atomic E-state index is 13.6. The van der Waals surface area contributed by atoms with Gasteiger partial charge in [-0.15, -0.1) is 0 Å². The van der Waals surface area contributed by atoms with Crippen molar-refractivity contribution in [2.45, 2.75) is 31.3 Å². The molecule has 0 saturated heterocycles. The van der Waals surface area contributed by atoms with Crippen LogP contribution < -0.4 is 9.62 Å². The molecule has 0 radical (unpaired) electrons. The number of amides is 2. The Balaban J connectivity index is 2.00. The highest BCUT2D eigenvalue weighted by Gasteiger charge is 2.32. The van der Waals surface area contributed by atoms with Gasteiger partial charge in [0, 0.05) is 18.6 Å². The van der Waals surface area contributed by atoms with Crippen LogP contribution in [-0.4, -0.2) is 44.8 Å². The van der Waals surface area contributed by atoms with Crippen LogP contribution in [0.5, 0.6) is 0 Å². The van der Waals surface area contributed by atoms with E-state index in [1.54, 1.807) is 73.7 Å². The van der Waals surface area contributed by atoms with Crippen LogP contribution in [0.25, 0.3) is 0 Å². The van der Waals surface area contributed by atoms with Gasteiger partial charge in [-0.3, -0.25) is 13.9 Å². The average Bonchev–Trinajstić information content (AvgIpc) is 2.87. The molecular weight excluding hydrogens is 486 g/mol. The van der Waals surface area contributed by atoms with Gasteiger partial charge < -0.3 is 10.2 Å². The molecule has 2 amide bonds. The standard InChI is InChI=1S/C26H28ClN3O4S/c1-19-9-15-23(16-10-19)30(35(33,34)24-7-5-4-6-8-24)18-25(31)29(20(2)26(32)28-3)17-21-11-13-22(27)14-12-21/h4-16,20H,17-18H2,1-3H3,(H,28,32)/t20-/m1/s1. The van der Waals surface area contributed by atoms with Crippen LogP contribution in [0.4, 0.5) is 5.69 Å². The zero-order valence-corrected chi connectivity index (χ0v) is 21.4. The van der Waals surface area contributed by atoms with E-state index in [2.05, 4.69) is 5.32 Å². The van der Waals surface area contributed by atoms with Gasteiger partial charge >= 0.3 is 0 Å². The number of anilines is 1. The maximum Gasteiger partial charge on any atom is 0.264 e. The van der Waals surface area contributed by atoms with Crippen molar-refractivity contribution < 1.29 is 18.0 Å². The van der Waals surface area contributed by atoms with Crippen molar-refractivity contribution in [3.05, 3.63) is 95.0 Å². The lowest BCUT2D eigenvalue weighted by atomic mass is 10.1. The summed E-state index contributed by atoms with van der Waals surface area (Å²) < 4.78 is 28.3. The minimum atomic E-state index is -4.06. The van der Waals surface area contributed by atoms with Crippen molar-refractivity contribution in [1.82, 2.24) is 10.2 Å². The molecule has 9 heteroatoms. The molecule has 0 aromatic heterocycles. The number of hydrogen-bond acceptors (Lipinski definition) is 4. The first-order valence-electron chi connectivity index (χ1n) is 11.0. The molecule has 0 spiro atoms. The summed E-state index contributed by atoms with van der Waals surface area (Å²) in [5.74, 6) is -0.878. The Hall–Kier alpha value is -3.36. The fourth-order valence-electron chi connectivity index (χ4n) is 3.54. The molecule has 0 saturated carbocycles. The van der Waals surface area contributed by atoms with E-state index in [1.165, 1.54) is 24.1 Å². The topological polar surface area (TPSA) is 86.8 Å². The molecule has 0 aliphatic carbocycles. The van der Waals surface area contributed by atoms with E-state index >= 15 is 0 Å². The molecule has 3 aromatic rings. The van der Waals surface area contributed by atoms with E-state index < -0.39 is 28.5 Å². The summed E-state index contributed by atoms with van der Waals surface area (Å²) >= 11 is 5.98. The van der Waals surface area contributed by atoms with Crippen LogP contribution >= 0.6 is 11.6 Å². The van der Waals surface area contributed by atoms with Crippen LogP contribution in [0.3, 0.4) is 0 Å². The minimum absolute atomic E-state index is 0.0666. The highest BCUT2D eigenvalue weighted by Crippen LogP contribution is 2.25. The first-order chi connectivity index (χ1) is 16.6. The summed E-state index contributed by atoms with van der Waals surface area (Å²) in [7, 11) is -2.57. The number of benzene rings is 3. The van der Waals surface area contributed by atoms with Gasteiger partial charge in [0.2, 0.25) is 11.8 Å². The number of sulfonamides is 1. The Labute approximate surface area is 211 Å². The van der Waals surface area contributed by atoms with Gasteiger partial charge in [0.1, 0.15) is 12.6 Å². The van der Waals surface area contributed by atoms with E-state index in [9.17, 15) is 18.0 Å². The molecule has 0 fully saturated rings. The lowest BCUT2D eigenvalue weighted by molar-refractivity contribution is -0.139. The number of rotatable bonds is 9. The van der Waals surface area contributed by atoms with Crippen molar-refractivity contribution in [2.75, 3.05) is 17.9 Å². The molecule has 1 atom stereocenters. The number of hydrogen-bond donors (Lipinski definition) is 1. The van der Waals surface area contributed by atoms with Crippen molar-refractivity contribution in [2.24, 2.45) is 0 Å². The van der Waals surface area contributed by atoms with Gasteiger partial charge in [-0.1, -0.05) is 59.6 Å². The Bertz CT molecular complexity index is 1260. The van der Waals surface area contributed by atoms with Crippen molar-refractivity contribution in [3.63, 3.8) is 0 Å². The average molecular weight is 514 g/mol. The van der Waals surface area contributed by atoms with Gasteiger partial charge in [0.25, 0.3) is 10.0 Å². The Morgan fingerprint density at radius 3 is 2.11 bits per heavy atom. The fraction of sp³-hybridized carbons (Fsp3) is 0.231. The van der Waals surface area contributed by atoms with Crippen molar-refractivity contribution in [3.8, 4) is 0 Å². The predicted molar refractivity (Wildman–Crippen MR) is 138 cm³/mol. The quantitative estimate of drug-likeness (QED) is 0.468. The summed E-state index contributed by atoms with van der Waals surface area (Å²) in [6.45, 7) is 3.13. The molecule has 184 valence electrons. The summed E-state index contributed by atoms with van der Waals surface area (Å²) in [6, 6.07) is 20.9. The van der Waals surface area contributed by atoms with Gasteiger partial charge in [0.05, 0.1) is 10.6 Å². The molecule has 0 unspecified atom stereocenters. The summed E-state index contributed by atoms with van der Waals surface area (Å²) in [5.41, 5.74) is 2.06. The number of halogens is 1. The molecule has 0 aliphatic heterocycles. The van der Waals surface area contributed by atoms with Gasteiger partial charge in [0.15, 0.2) is 0 Å². The van der Waals surface area contributed by atoms with Crippen LogP contribution in [0.2, 0.25) is 5.02 Å². The molecule has 3 aromatic carbocycles. The van der Waals surface area contributed by atoms with E-state index in [1.807, 2.05) is 6.92 Å². The third-order valence-electron chi connectivity index (χ3n) is 5.61. The second kappa shape index (κ2) is 11.4. The lowest BCUT2D eigenvalue weighted by Gasteiger charge is -2.31. The number of carbonyl (C=O) groups excluding carboxylic acids is 2. The second-order valence-electron chi connectivity index (χ2n) is 8.10. The number of carbonyl (C=O) groups is 2. The summed E-state index contributed by atoms with van der Waals surface area (Å²) in [6.07, 6.45) is 0. The normalized spacial score (nSPS) is 12.0. The third kappa shape index (κ3) is 6.41. The third-order valence-corrected chi connectivity index (χ3v) is 7.65. The summed E-state index contributed by atoms with van der Waals surface area (Å²) in [4.78, 5) is 27.5. The molecule has 7 nitrogen and oxygen atoms in total. The van der Waals surface area contributed by atoms with E-state index in [-0.39, 0.29) is 17.3 Å². The smallest absolute Gasteiger partial charge is 0.264 e. The van der Waals surface area contributed by atoms with Crippen molar-refractivity contribution >= 4 is 39.1 Å². The van der Waals surface area contributed by atoms with Crippen molar-refractivity contribution in [1.29, 1.82) is 0 Å². The number of aryl methyl sites for hydroxylation is 1. The molecule has 0 bridgehead atoms. The molecule has 0 heterocycles. The van der Waals surface area contributed by atoms with Gasteiger partial charge in [-0.25, -0.2) is 8.42 Å². The second-order valence-corrected chi connectivity index (χ2v) is 10.4. The van der Waals surface area contributed by atoms with Crippen LogP contribution in [-0.2, 0) is 26.2 Å².